The maximum atomic E-state index is 13.0. The number of amides is 1. The molecule has 2 N–H and O–H groups in total. The van der Waals surface area contributed by atoms with Crippen LogP contribution in [0.25, 0.3) is 5.69 Å². The van der Waals surface area contributed by atoms with E-state index in [0.717, 1.165) is 22.7 Å². The van der Waals surface area contributed by atoms with Crippen molar-refractivity contribution in [2.75, 3.05) is 17.2 Å². The van der Waals surface area contributed by atoms with Crippen LogP contribution in [0.1, 0.15) is 22.8 Å². The molecule has 4 rings (SSSR count). The SMILES string of the molecule is CCOc1ccc(Nc2ncccc2C(=O)Nc2ccc(C)c(-n3cnnn3)c2)cc1. The normalized spacial score (nSPS) is 10.5. The summed E-state index contributed by atoms with van der Waals surface area (Å²) in [5.74, 6) is 0.954. The van der Waals surface area contributed by atoms with Crippen LogP contribution in [0.3, 0.4) is 0 Å². The summed E-state index contributed by atoms with van der Waals surface area (Å²) in [6, 6.07) is 16.5. The lowest BCUT2D eigenvalue weighted by Crippen LogP contribution is -2.15. The van der Waals surface area contributed by atoms with E-state index in [1.807, 2.05) is 56.3 Å². The Labute approximate surface area is 179 Å². The van der Waals surface area contributed by atoms with Gasteiger partial charge in [-0.3, -0.25) is 4.79 Å². The van der Waals surface area contributed by atoms with Gasteiger partial charge in [-0.05, 0) is 78.4 Å². The number of ether oxygens (including phenoxy) is 1. The number of carbonyl (C=O) groups is 1. The van der Waals surface area contributed by atoms with Crippen LogP contribution in [0.2, 0.25) is 0 Å². The number of pyridine rings is 1. The van der Waals surface area contributed by atoms with Gasteiger partial charge in [0.2, 0.25) is 0 Å². The Hall–Kier alpha value is -4.27. The summed E-state index contributed by atoms with van der Waals surface area (Å²) in [6.07, 6.45) is 3.14. The van der Waals surface area contributed by atoms with Crippen LogP contribution in [-0.4, -0.2) is 37.7 Å². The Morgan fingerprint density at radius 2 is 1.90 bits per heavy atom. The van der Waals surface area contributed by atoms with Gasteiger partial charge in [0.05, 0.1) is 17.9 Å². The molecule has 1 amide bonds. The first-order chi connectivity index (χ1) is 15.1. The Bertz CT molecular complexity index is 1170. The lowest BCUT2D eigenvalue weighted by molar-refractivity contribution is 0.102. The van der Waals surface area contributed by atoms with Gasteiger partial charge in [-0.25, -0.2) is 9.67 Å². The Morgan fingerprint density at radius 1 is 1.10 bits per heavy atom. The van der Waals surface area contributed by atoms with Crippen molar-refractivity contribution in [1.82, 2.24) is 25.2 Å². The van der Waals surface area contributed by atoms with E-state index in [2.05, 4.69) is 31.1 Å². The first-order valence-corrected chi connectivity index (χ1v) is 9.74. The average Bonchev–Trinajstić information content (AvgIpc) is 3.32. The van der Waals surface area contributed by atoms with E-state index < -0.39 is 0 Å². The number of aromatic nitrogens is 5. The molecule has 156 valence electrons. The van der Waals surface area contributed by atoms with Crippen LogP contribution < -0.4 is 15.4 Å². The minimum Gasteiger partial charge on any atom is -0.494 e. The second-order valence-corrected chi connectivity index (χ2v) is 6.69. The summed E-state index contributed by atoms with van der Waals surface area (Å²) in [7, 11) is 0. The van der Waals surface area contributed by atoms with Crippen LogP contribution in [0.15, 0.2) is 67.1 Å². The quantitative estimate of drug-likeness (QED) is 0.473. The van der Waals surface area contributed by atoms with E-state index >= 15 is 0 Å². The second-order valence-electron chi connectivity index (χ2n) is 6.69. The third-order valence-electron chi connectivity index (χ3n) is 4.54. The first-order valence-electron chi connectivity index (χ1n) is 9.74. The fraction of sp³-hybridized carbons (Fsp3) is 0.136. The Morgan fingerprint density at radius 3 is 2.65 bits per heavy atom. The number of nitrogens with one attached hydrogen (secondary N) is 2. The maximum Gasteiger partial charge on any atom is 0.259 e. The smallest absolute Gasteiger partial charge is 0.259 e. The number of hydrogen-bond acceptors (Lipinski definition) is 7. The number of hydrogen-bond donors (Lipinski definition) is 2. The molecule has 0 bridgehead atoms. The van der Waals surface area contributed by atoms with Crippen molar-refractivity contribution in [2.45, 2.75) is 13.8 Å². The highest BCUT2D eigenvalue weighted by molar-refractivity contribution is 6.07. The van der Waals surface area contributed by atoms with Crippen molar-refractivity contribution in [3.63, 3.8) is 0 Å². The fourth-order valence-electron chi connectivity index (χ4n) is 3.03. The van der Waals surface area contributed by atoms with Gasteiger partial charge in [-0.15, -0.1) is 5.10 Å². The molecular weight excluding hydrogens is 394 g/mol. The van der Waals surface area contributed by atoms with Crippen LogP contribution in [-0.2, 0) is 0 Å². The highest BCUT2D eigenvalue weighted by Gasteiger charge is 2.14. The van der Waals surface area contributed by atoms with Crippen molar-refractivity contribution in [2.24, 2.45) is 0 Å². The van der Waals surface area contributed by atoms with E-state index in [1.165, 1.54) is 6.33 Å². The Balaban J connectivity index is 1.54. The molecule has 2 heterocycles. The lowest BCUT2D eigenvalue weighted by atomic mass is 10.1. The summed E-state index contributed by atoms with van der Waals surface area (Å²) >= 11 is 0. The van der Waals surface area contributed by atoms with Gasteiger partial charge >= 0.3 is 0 Å². The summed E-state index contributed by atoms with van der Waals surface area (Å²) in [6.45, 7) is 4.48. The molecular formula is C22H21N7O2. The molecule has 9 nitrogen and oxygen atoms in total. The van der Waals surface area contributed by atoms with E-state index in [9.17, 15) is 4.79 Å². The molecule has 0 aliphatic carbocycles. The van der Waals surface area contributed by atoms with Crippen molar-refractivity contribution in [3.05, 3.63) is 78.2 Å². The molecule has 0 radical (unpaired) electrons. The molecule has 0 unspecified atom stereocenters. The molecule has 0 saturated heterocycles. The zero-order valence-electron chi connectivity index (χ0n) is 17.1. The number of tetrazole rings is 1. The topological polar surface area (TPSA) is 107 Å². The zero-order valence-corrected chi connectivity index (χ0v) is 17.1. The predicted molar refractivity (Wildman–Crippen MR) is 117 cm³/mol. The van der Waals surface area contributed by atoms with Gasteiger partial charge < -0.3 is 15.4 Å². The van der Waals surface area contributed by atoms with Crippen LogP contribution in [0.4, 0.5) is 17.2 Å². The second kappa shape index (κ2) is 9.04. The van der Waals surface area contributed by atoms with E-state index in [4.69, 9.17) is 4.74 Å². The molecule has 31 heavy (non-hydrogen) atoms. The average molecular weight is 415 g/mol. The molecule has 0 fully saturated rings. The van der Waals surface area contributed by atoms with E-state index in [0.29, 0.717) is 23.7 Å². The van der Waals surface area contributed by atoms with E-state index in [1.54, 1.807) is 23.0 Å². The number of benzene rings is 2. The molecule has 0 saturated carbocycles. The van der Waals surface area contributed by atoms with E-state index in [-0.39, 0.29) is 5.91 Å². The lowest BCUT2D eigenvalue weighted by Gasteiger charge is -2.13. The minimum atomic E-state index is -0.284. The largest absolute Gasteiger partial charge is 0.494 e. The molecule has 0 spiro atoms. The molecule has 4 aromatic rings. The summed E-state index contributed by atoms with van der Waals surface area (Å²) in [5.41, 5.74) is 3.59. The molecule has 2 aromatic heterocycles. The summed E-state index contributed by atoms with van der Waals surface area (Å²) in [4.78, 5) is 17.3. The molecule has 2 aromatic carbocycles. The monoisotopic (exact) mass is 415 g/mol. The minimum absolute atomic E-state index is 0.284. The van der Waals surface area contributed by atoms with Gasteiger partial charge in [0.1, 0.15) is 17.9 Å². The van der Waals surface area contributed by atoms with Crippen molar-refractivity contribution in [3.8, 4) is 11.4 Å². The van der Waals surface area contributed by atoms with Crippen molar-refractivity contribution in [1.29, 1.82) is 0 Å². The molecule has 0 atom stereocenters. The maximum absolute atomic E-state index is 13.0. The number of carbonyl (C=O) groups excluding carboxylic acids is 1. The zero-order chi connectivity index (χ0) is 21.6. The van der Waals surface area contributed by atoms with Gasteiger partial charge in [-0.2, -0.15) is 0 Å². The number of anilines is 3. The third-order valence-corrected chi connectivity index (χ3v) is 4.54. The highest BCUT2D eigenvalue weighted by atomic mass is 16.5. The van der Waals surface area contributed by atoms with Gasteiger partial charge in [0, 0.05) is 17.6 Å². The summed E-state index contributed by atoms with van der Waals surface area (Å²) in [5, 5.41) is 17.4. The highest BCUT2D eigenvalue weighted by Crippen LogP contribution is 2.23. The van der Waals surface area contributed by atoms with Crippen molar-refractivity contribution < 1.29 is 9.53 Å². The van der Waals surface area contributed by atoms with Gasteiger partial charge in [0.25, 0.3) is 5.91 Å². The van der Waals surface area contributed by atoms with Gasteiger partial charge in [-0.1, -0.05) is 6.07 Å². The fourth-order valence-corrected chi connectivity index (χ4v) is 3.03. The Kier molecular flexibility index (Phi) is 5.84. The van der Waals surface area contributed by atoms with Gasteiger partial charge in [0.15, 0.2) is 0 Å². The van der Waals surface area contributed by atoms with Crippen LogP contribution >= 0.6 is 0 Å². The number of aryl methyl sites for hydroxylation is 1. The molecule has 0 aliphatic rings. The van der Waals surface area contributed by atoms with Crippen molar-refractivity contribution >= 4 is 23.1 Å². The van der Waals surface area contributed by atoms with Crippen LogP contribution in [0, 0.1) is 6.92 Å². The molecule has 9 heteroatoms. The standard InChI is InChI=1S/C22H21N7O2/c1-3-31-18-10-8-16(9-11-18)25-21-19(5-4-12-23-21)22(30)26-17-7-6-15(2)20(13-17)29-14-24-27-28-29/h4-14H,3H2,1-2H3,(H,23,25)(H,26,30). The number of rotatable bonds is 7. The summed E-state index contributed by atoms with van der Waals surface area (Å²) < 4.78 is 7.01. The predicted octanol–water partition coefficient (Wildman–Crippen LogP) is 3.76. The first kappa shape index (κ1) is 20.0. The van der Waals surface area contributed by atoms with Crippen LogP contribution in [0.5, 0.6) is 5.75 Å². The number of nitrogens with zero attached hydrogens (tertiary/aromatic N) is 5. The molecule has 0 aliphatic heterocycles. The third kappa shape index (κ3) is 4.67.